The quantitative estimate of drug-likeness (QED) is 0.787. The second-order valence-corrected chi connectivity index (χ2v) is 5.99. The maximum atomic E-state index is 12.0. The Hall–Kier alpha value is -2.60. The van der Waals surface area contributed by atoms with E-state index in [9.17, 15) is 4.79 Å². The number of hydrogen-bond donors (Lipinski definition) is 1. The van der Waals surface area contributed by atoms with Gasteiger partial charge in [-0.3, -0.25) is 9.78 Å². The zero-order valence-electron chi connectivity index (χ0n) is 11.6. The average molecular weight is 308 g/mol. The number of ketones is 1. The standard InChI is InChI=1S/C16H12N4OS/c21-13-5-7-18-12-4-3-11(20-15(12)13)14-9-19-16(22-14)10-2-1-6-17-8-10/h1-4,6,8-9,18H,5,7H2. The highest BCUT2D eigenvalue weighted by Crippen LogP contribution is 2.32. The van der Waals surface area contributed by atoms with E-state index >= 15 is 0 Å². The van der Waals surface area contributed by atoms with Crippen LogP contribution < -0.4 is 5.32 Å². The van der Waals surface area contributed by atoms with Gasteiger partial charge in [0.05, 0.1) is 16.3 Å². The van der Waals surface area contributed by atoms with Crippen molar-refractivity contribution in [1.82, 2.24) is 15.0 Å². The van der Waals surface area contributed by atoms with Gasteiger partial charge in [0.2, 0.25) is 0 Å². The zero-order valence-corrected chi connectivity index (χ0v) is 12.4. The van der Waals surface area contributed by atoms with Crippen molar-refractivity contribution in [1.29, 1.82) is 0 Å². The Balaban J connectivity index is 1.73. The molecule has 0 atom stereocenters. The van der Waals surface area contributed by atoms with Gasteiger partial charge in [-0.15, -0.1) is 11.3 Å². The first-order chi connectivity index (χ1) is 10.8. The summed E-state index contributed by atoms with van der Waals surface area (Å²) in [6, 6.07) is 7.70. The molecule has 108 valence electrons. The van der Waals surface area contributed by atoms with Crippen LogP contribution in [0.3, 0.4) is 0 Å². The molecular weight excluding hydrogens is 296 g/mol. The largest absolute Gasteiger partial charge is 0.383 e. The number of Topliss-reactive ketones (excluding diaryl/α,β-unsaturated/α-hetero) is 1. The zero-order chi connectivity index (χ0) is 14.9. The normalized spacial score (nSPS) is 13.5. The van der Waals surface area contributed by atoms with Crippen LogP contribution in [0.1, 0.15) is 16.9 Å². The molecule has 3 aromatic rings. The minimum Gasteiger partial charge on any atom is -0.383 e. The lowest BCUT2D eigenvalue weighted by Crippen LogP contribution is -2.19. The van der Waals surface area contributed by atoms with E-state index in [1.54, 1.807) is 29.9 Å². The van der Waals surface area contributed by atoms with Gasteiger partial charge in [0.1, 0.15) is 10.7 Å². The maximum absolute atomic E-state index is 12.0. The molecule has 0 radical (unpaired) electrons. The number of carbonyl (C=O) groups excluding carboxylic acids is 1. The van der Waals surface area contributed by atoms with Gasteiger partial charge < -0.3 is 5.32 Å². The Kier molecular flexibility index (Phi) is 3.16. The Morgan fingerprint density at radius 3 is 3.00 bits per heavy atom. The number of nitrogens with zero attached hydrogens (tertiary/aromatic N) is 3. The van der Waals surface area contributed by atoms with Gasteiger partial charge in [0, 0.05) is 37.1 Å². The van der Waals surface area contributed by atoms with Crippen LogP contribution in [0, 0.1) is 0 Å². The Bertz CT molecular complexity index is 844. The first-order valence-corrected chi connectivity index (χ1v) is 7.77. The van der Waals surface area contributed by atoms with E-state index in [4.69, 9.17) is 0 Å². The van der Waals surface area contributed by atoms with Crippen LogP contribution in [-0.2, 0) is 0 Å². The van der Waals surface area contributed by atoms with Crippen molar-refractivity contribution in [3.63, 3.8) is 0 Å². The van der Waals surface area contributed by atoms with Crippen molar-refractivity contribution in [2.45, 2.75) is 6.42 Å². The molecule has 1 aliphatic rings. The van der Waals surface area contributed by atoms with E-state index < -0.39 is 0 Å². The second kappa shape index (κ2) is 5.31. The monoisotopic (exact) mass is 308 g/mol. The van der Waals surface area contributed by atoms with Crippen LogP contribution in [-0.4, -0.2) is 27.3 Å². The molecule has 0 saturated carbocycles. The molecule has 22 heavy (non-hydrogen) atoms. The molecule has 0 unspecified atom stereocenters. The number of hydrogen-bond acceptors (Lipinski definition) is 6. The van der Waals surface area contributed by atoms with Crippen LogP contribution in [0.15, 0.2) is 42.9 Å². The molecule has 1 aliphatic heterocycles. The van der Waals surface area contributed by atoms with E-state index in [0.29, 0.717) is 18.7 Å². The molecule has 0 spiro atoms. The van der Waals surface area contributed by atoms with Crippen LogP contribution in [0.2, 0.25) is 0 Å². The lowest BCUT2D eigenvalue weighted by molar-refractivity contribution is 0.0979. The van der Waals surface area contributed by atoms with Crippen molar-refractivity contribution in [2.24, 2.45) is 0 Å². The summed E-state index contributed by atoms with van der Waals surface area (Å²) in [5.74, 6) is 0.0904. The highest BCUT2D eigenvalue weighted by Gasteiger charge is 2.19. The minimum absolute atomic E-state index is 0.0904. The van der Waals surface area contributed by atoms with E-state index in [1.165, 1.54) is 0 Å². The Morgan fingerprint density at radius 1 is 1.18 bits per heavy atom. The van der Waals surface area contributed by atoms with Gasteiger partial charge in [0.15, 0.2) is 5.78 Å². The fraction of sp³-hybridized carbons (Fsp3) is 0.125. The van der Waals surface area contributed by atoms with E-state index in [0.717, 1.165) is 26.8 Å². The van der Waals surface area contributed by atoms with Gasteiger partial charge in [-0.25, -0.2) is 9.97 Å². The van der Waals surface area contributed by atoms with E-state index in [2.05, 4.69) is 20.3 Å². The summed E-state index contributed by atoms with van der Waals surface area (Å²) in [4.78, 5) is 26.0. The predicted molar refractivity (Wildman–Crippen MR) is 86.0 cm³/mol. The molecule has 6 heteroatoms. The molecule has 0 aliphatic carbocycles. The van der Waals surface area contributed by atoms with Crippen molar-refractivity contribution in [3.05, 3.63) is 48.5 Å². The summed E-state index contributed by atoms with van der Waals surface area (Å²) >= 11 is 1.55. The fourth-order valence-electron chi connectivity index (χ4n) is 2.40. The predicted octanol–water partition coefficient (Wildman–Crippen LogP) is 3.27. The summed E-state index contributed by atoms with van der Waals surface area (Å²) in [5.41, 5.74) is 3.11. The van der Waals surface area contributed by atoms with Crippen LogP contribution in [0.4, 0.5) is 5.69 Å². The number of rotatable bonds is 2. The first kappa shape index (κ1) is 13.1. The highest BCUT2D eigenvalue weighted by molar-refractivity contribution is 7.18. The molecule has 5 nitrogen and oxygen atoms in total. The molecule has 0 aromatic carbocycles. The smallest absolute Gasteiger partial charge is 0.185 e. The molecule has 0 fully saturated rings. The lowest BCUT2D eigenvalue weighted by atomic mass is 10.1. The lowest BCUT2D eigenvalue weighted by Gasteiger charge is -2.16. The summed E-state index contributed by atoms with van der Waals surface area (Å²) < 4.78 is 0. The van der Waals surface area contributed by atoms with Crippen molar-refractivity contribution < 1.29 is 4.79 Å². The van der Waals surface area contributed by atoms with Gasteiger partial charge in [-0.1, -0.05) is 0 Å². The van der Waals surface area contributed by atoms with Crippen molar-refractivity contribution in [3.8, 4) is 21.1 Å². The number of pyridine rings is 2. The molecule has 1 N–H and O–H groups in total. The summed E-state index contributed by atoms with van der Waals surface area (Å²) in [6.07, 6.45) is 5.81. The second-order valence-electron chi connectivity index (χ2n) is 4.96. The molecule has 0 bridgehead atoms. The number of anilines is 1. The highest BCUT2D eigenvalue weighted by atomic mass is 32.1. The molecule has 4 rings (SSSR count). The van der Waals surface area contributed by atoms with Crippen molar-refractivity contribution in [2.75, 3.05) is 11.9 Å². The topological polar surface area (TPSA) is 67.8 Å². The van der Waals surface area contributed by atoms with Gasteiger partial charge in [-0.05, 0) is 24.3 Å². The van der Waals surface area contributed by atoms with Crippen LogP contribution in [0.5, 0.6) is 0 Å². The molecule has 0 saturated heterocycles. The fourth-order valence-corrected chi connectivity index (χ4v) is 3.27. The Labute approximate surface area is 131 Å². The Morgan fingerprint density at radius 2 is 2.14 bits per heavy atom. The van der Waals surface area contributed by atoms with E-state index in [-0.39, 0.29) is 5.78 Å². The first-order valence-electron chi connectivity index (χ1n) is 6.96. The molecule has 0 amide bonds. The number of carbonyl (C=O) groups is 1. The third kappa shape index (κ3) is 2.27. The maximum Gasteiger partial charge on any atom is 0.185 e. The van der Waals surface area contributed by atoms with Crippen LogP contribution in [0.25, 0.3) is 21.1 Å². The summed E-state index contributed by atoms with van der Waals surface area (Å²) in [6.45, 7) is 0.679. The van der Waals surface area contributed by atoms with E-state index in [1.807, 2.05) is 24.3 Å². The minimum atomic E-state index is 0.0904. The molecule has 3 aromatic heterocycles. The third-order valence-electron chi connectivity index (χ3n) is 3.49. The average Bonchev–Trinajstić information content (AvgIpc) is 3.06. The number of fused-ring (bicyclic) bond motifs is 1. The SMILES string of the molecule is O=C1CCNc2ccc(-c3cnc(-c4cccnc4)s3)nc21. The molecule has 4 heterocycles. The number of thiazole rings is 1. The summed E-state index contributed by atoms with van der Waals surface area (Å²) in [5, 5.41) is 4.09. The molecular formula is C16H12N4OS. The third-order valence-corrected chi connectivity index (χ3v) is 4.56. The van der Waals surface area contributed by atoms with Crippen LogP contribution >= 0.6 is 11.3 Å². The van der Waals surface area contributed by atoms with Gasteiger partial charge >= 0.3 is 0 Å². The van der Waals surface area contributed by atoms with Gasteiger partial charge in [-0.2, -0.15) is 0 Å². The number of nitrogens with one attached hydrogen (secondary N) is 1. The summed E-state index contributed by atoms with van der Waals surface area (Å²) in [7, 11) is 0. The van der Waals surface area contributed by atoms with Crippen molar-refractivity contribution >= 4 is 22.8 Å². The number of aromatic nitrogens is 3. The van der Waals surface area contributed by atoms with Gasteiger partial charge in [0.25, 0.3) is 0 Å².